The van der Waals surface area contributed by atoms with E-state index < -0.39 is 0 Å². The zero-order chi connectivity index (χ0) is 18.8. The largest absolute Gasteiger partial charge is 0.345 e. The monoisotopic (exact) mass is 358 g/mol. The number of nitrogens with one attached hydrogen (secondary N) is 2. The highest BCUT2D eigenvalue weighted by molar-refractivity contribution is 6.06. The zero-order valence-corrected chi connectivity index (χ0v) is 14.7. The summed E-state index contributed by atoms with van der Waals surface area (Å²) in [4.78, 5) is 31.4. The minimum absolute atomic E-state index is 0.201. The third-order valence-electron chi connectivity index (χ3n) is 4.54. The van der Waals surface area contributed by atoms with E-state index in [2.05, 4.69) is 15.3 Å². The van der Waals surface area contributed by atoms with Gasteiger partial charge >= 0.3 is 0 Å². The van der Waals surface area contributed by atoms with E-state index in [1.54, 1.807) is 18.6 Å². The van der Waals surface area contributed by atoms with E-state index in [1.807, 2.05) is 60.2 Å². The molecule has 4 aromatic rings. The lowest BCUT2D eigenvalue weighted by atomic mass is 10.1. The molecule has 0 unspecified atom stereocenters. The third kappa shape index (κ3) is 3.37. The molecule has 0 bridgehead atoms. The van der Waals surface area contributed by atoms with Crippen molar-refractivity contribution in [3.63, 3.8) is 0 Å². The summed E-state index contributed by atoms with van der Waals surface area (Å²) < 4.78 is 1.91. The summed E-state index contributed by atoms with van der Waals surface area (Å²) in [6.45, 7) is 1.92. The number of imidazole rings is 1. The summed E-state index contributed by atoms with van der Waals surface area (Å²) in [5.74, 6) is -0.275. The maximum Gasteiger partial charge on any atom is 0.252 e. The number of aromatic amines is 1. The maximum atomic E-state index is 12.8. The predicted molar refractivity (Wildman–Crippen MR) is 104 cm³/mol. The van der Waals surface area contributed by atoms with Gasteiger partial charge in [0.25, 0.3) is 5.91 Å². The van der Waals surface area contributed by atoms with Crippen molar-refractivity contribution in [2.45, 2.75) is 13.0 Å². The van der Waals surface area contributed by atoms with Crippen LogP contribution in [0.2, 0.25) is 0 Å². The Balaban J connectivity index is 1.57. The van der Waals surface area contributed by atoms with Crippen LogP contribution in [0.25, 0.3) is 16.6 Å². The Morgan fingerprint density at radius 3 is 2.67 bits per heavy atom. The Bertz CT molecular complexity index is 1140. The maximum absolute atomic E-state index is 12.8. The van der Waals surface area contributed by atoms with Crippen molar-refractivity contribution >= 4 is 16.8 Å². The van der Waals surface area contributed by atoms with Crippen molar-refractivity contribution in [1.29, 1.82) is 0 Å². The number of nitrogens with zero attached hydrogens (tertiary/aromatic N) is 2. The molecule has 0 spiro atoms. The van der Waals surface area contributed by atoms with Gasteiger partial charge in [-0.3, -0.25) is 9.59 Å². The van der Waals surface area contributed by atoms with Gasteiger partial charge in [-0.25, -0.2) is 4.98 Å². The van der Waals surface area contributed by atoms with E-state index in [0.29, 0.717) is 11.1 Å². The Labute approximate surface area is 155 Å². The summed E-state index contributed by atoms with van der Waals surface area (Å²) in [5, 5.41) is 3.69. The Hall–Kier alpha value is -3.67. The van der Waals surface area contributed by atoms with E-state index in [4.69, 9.17) is 0 Å². The van der Waals surface area contributed by atoms with Crippen molar-refractivity contribution in [2.75, 3.05) is 0 Å². The smallest absolute Gasteiger partial charge is 0.252 e. The number of rotatable bonds is 4. The van der Waals surface area contributed by atoms with E-state index in [9.17, 15) is 9.59 Å². The first-order chi connectivity index (χ1) is 13.1. The number of pyridine rings is 1. The van der Waals surface area contributed by atoms with E-state index >= 15 is 0 Å². The lowest BCUT2D eigenvalue weighted by Gasteiger charge is -2.16. The van der Waals surface area contributed by atoms with Crippen molar-refractivity contribution < 1.29 is 4.79 Å². The van der Waals surface area contributed by atoms with Gasteiger partial charge in [0, 0.05) is 35.1 Å². The van der Waals surface area contributed by atoms with Crippen LogP contribution in [0.1, 0.15) is 28.9 Å². The minimum Gasteiger partial charge on any atom is -0.345 e. The van der Waals surface area contributed by atoms with Crippen molar-refractivity contribution in [1.82, 2.24) is 19.9 Å². The van der Waals surface area contributed by atoms with Crippen LogP contribution < -0.4 is 10.9 Å². The van der Waals surface area contributed by atoms with Gasteiger partial charge in [-0.15, -0.1) is 0 Å². The Kier molecular flexibility index (Phi) is 4.30. The molecule has 0 saturated carbocycles. The molecule has 134 valence electrons. The molecule has 0 aliphatic carbocycles. The first kappa shape index (κ1) is 16.8. The summed E-state index contributed by atoms with van der Waals surface area (Å²) >= 11 is 0. The highest BCUT2D eigenvalue weighted by atomic mass is 16.2. The molecule has 2 N–H and O–H groups in total. The van der Waals surface area contributed by atoms with Crippen LogP contribution >= 0.6 is 0 Å². The number of H-pyrrole nitrogens is 1. The molecule has 2 aromatic carbocycles. The highest BCUT2D eigenvalue weighted by Gasteiger charge is 2.15. The Morgan fingerprint density at radius 2 is 1.93 bits per heavy atom. The average Bonchev–Trinajstić information content (AvgIpc) is 3.22. The SMILES string of the molecule is C[C@@H](NC(=O)c1cc(=O)[nH]c2ccccc12)c1ccc(-n2ccnc2)cc1. The van der Waals surface area contributed by atoms with E-state index in [-0.39, 0.29) is 17.5 Å². The third-order valence-corrected chi connectivity index (χ3v) is 4.54. The molecule has 1 amide bonds. The molecular weight excluding hydrogens is 340 g/mol. The first-order valence-corrected chi connectivity index (χ1v) is 8.63. The van der Waals surface area contributed by atoms with Crippen molar-refractivity contribution in [3.05, 3.63) is 94.8 Å². The molecule has 27 heavy (non-hydrogen) atoms. The molecule has 0 radical (unpaired) electrons. The van der Waals surface area contributed by atoms with Gasteiger partial charge in [0.15, 0.2) is 0 Å². The lowest BCUT2D eigenvalue weighted by Crippen LogP contribution is -2.28. The average molecular weight is 358 g/mol. The second kappa shape index (κ2) is 6.92. The quantitative estimate of drug-likeness (QED) is 0.588. The second-order valence-electron chi connectivity index (χ2n) is 6.35. The van der Waals surface area contributed by atoms with Crippen LogP contribution in [0.5, 0.6) is 0 Å². The lowest BCUT2D eigenvalue weighted by molar-refractivity contribution is 0.0941. The van der Waals surface area contributed by atoms with Crippen LogP contribution in [-0.4, -0.2) is 20.4 Å². The van der Waals surface area contributed by atoms with Gasteiger partial charge in [0.1, 0.15) is 0 Å². The second-order valence-corrected chi connectivity index (χ2v) is 6.35. The van der Waals surface area contributed by atoms with Gasteiger partial charge < -0.3 is 14.9 Å². The molecule has 0 saturated heterocycles. The summed E-state index contributed by atoms with van der Waals surface area (Å²) in [6.07, 6.45) is 5.33. The van der Waals surface area contributed by atoms with Crippen molar-refractivity contribution in [2.24, 2.45) is 0 Å². The van der Waals surface area contributed by atoms with Crippen LogP contribution in [0.15, 0.2) is 78.1 Å². The predicted octanol–water partition coefficient (Wildman–Crippen LogP) is 3.20. The number of carbonyl (C=O) groups excluding carboxylic acids is 1. The number of hydrogen-bond acceptors (Lipinski definition) is 3. The van der Waals surface area contributed by atoms with Gasteiger partial charge in [-0.2, -0.15) is 0 Å². The van der Waals surface area contributed by atoms with E-state index in [0.717, 1.165) is 16.6 Å². The van der Waals surface area contributed by atoms with Gasteiger partial charge in [-0.1, -0.05) is 30.3 Å². The number of hydrogen-bond donors (Lipinski definition) is 2. The highest BCUT2D eigenvalue weighted by Crippen LogP contribution is 2.18. The van der Waals surface area contributed by atoms with Crippen LogP contribution in [0.4, 0.5) is 0 Å². The fourth-order valence-electron chi connectivity index (χ4n) is 3.10. The molecule has 1 atom stereocenters. The molecule has 0 fully saturated rings. The number of amides is 1. The summed E-state index contributed by atoms with van der Waals surface area (Å²) in [6, 6.07) is 16.3. The number of benzene rings is 2. The minimum atomic E-state index is -0.295. The fourth-order valence-corrected chi connectivity index (χ4v) is 3.10. The fraction of sp³-hybridized carbons (Fsp3) is 0.0952. The molecule has 2 heterocycles. The topological polar surface area (TPSA) is 79.8 Å². The molecule has 0 aliphatic heterocycles. The zero-order valence-electron chi connectivity index (χ0n) is 14.7. The molecular formula is C21H18N4O2. The summed E-state index contributed by atoms with van der Waals surface area (Å²) in [5.41, 5.74) is 2.69. The molecule has 2 aromatic heterocycles. The Morgan fingerprint density at radius 1 is 1.15 bits per heavy atom. The standard InChI is InChI=1S/C21H18N4O2/c1-14(15-6-8-16(9-7-15)25-11-10-22-13-25)23-21(27)18-12-20(26)24-19-5-3-2-4-17(18)19/h2-14H,1H3,(H,23,27)(H,24,26)/t14-/m1/s1. The molecule has 6 nitrogen and oxygen atoms in total. The number of aromatic nitrogens is 3. The van der Waals surface area contributed by atoms with Gasteiger partial charge in [-0.05, 0) is 30.7 Å². The normalized spacial score (nSPS) is 12.0. The molecule has 0 aliphatic rings. The van der Waals surface area contributed by atoms with E-state index in [1.165, 1.54) is 6.07 Å². The molecule has 4 rings (SSSR count). The van der Waals surface area contributed by atoms with Crippen LogP contribution in [0, 0.1) is 0 Å². The van der Waals surface area contributed by atoms with Gasteiger partial charge in [0.2, 0.25) is 5.56 Å². The number of para-hydroxylation sites is 1. The first-order valence-electron chi connectivity index (χ1n) is 8.63. The number of fused-ring (bicyclic) bond motifs is 1. The van der Waals surface area contributed by atoms with Crippen molar-refractivity contribution in [3.8, 4) is 5.69 Å². The van der Waals surface area contributed by atoms with Crippen LogP contribution in [0.3, 0.4) is 0 Å². The summed E-state index contributed by atoms with van der Waals surface area (Å²) in [7, 11) is 0. The molecule has 6 heteroatoms. The number of carbonyl (C=O) groups is 1. The van der Waals surface area contributed by atoms with Gasteiger partial charge in [0.05, 0.1) is 17.9 Å². The van der Waals surface area contributed by atoms with Crippen LogP contribution in [-0.2, 0) is 0 Å².